The summed E-state index contributed by atoms with van der Waals surface area (Å²) in [5.74, 6) is 0. The zero-order chi connectivity index (χ0) is 38.8. The molecule has 8 bridgehead atoms. The quantitative estimate of drug-likeness (QED) is 0.179. The second kappa shape index (κ2) is 16.3. The Hall–Kier alpha value is -3.43. The van der Waals surface area contributed by atoms with Crippen LogP contribution < -0.4 is 0 Å². The van der Waals surface area contributed by atoms with E-state index in [9.17, 15) is 0 Å². The molecule has 0 fully saturated rings. The van der Waals surface area contributed by atoms with Gasteiger partial charge in [0.25, 0.3) is 0 Å². The lowest BCUT2D eigenvalue weighted by Gasteiger charge is -2.17. The van der Waals surface area contributed by atoms with Crippen LogP contribution in [0.4, 0.5) is 0 Å². The van der Waals surface area contributed by atoms with Gasteiger partial charge in [-0.3, -0.25) is 0 Å². The zero-order valence-corrected chi connectivity index (χ0v) is 34.5. The molecule has 3 aromatic heterocycles. The molecule has 4 aromatic carbocycles. The Morgan fingerprint density at radius 2 is 0.807 bits per heavy atom. The van der Waals surface area contributed by atoms with Crippen molar-refractivity contribution in [2.24, 2.45) is 0 Å². The van der Waals surface area contributed by atoms with Crippen LogP contribution in [0.25, 0.3) is 85.4 Å². The summed E-state index contributed by atoms with van der Waals surface area (Å²) in [6.45, 7) is 0. The topological polar surface area (TPSA) is 46.5 Å². The molecule has 7 aromatic rings. The fraction of sp³-hybridized carbons (Fsp3) is 0. The highest BCUT2D eigenvalue weighted by Gasteiger charge is 2.32. The molecule has 2 aliphatic heterocycles. The number of fused-ring (bicyclic) bond motifs is 8. The number of halogens is 8. The minimum Gasteiger partial charge on any atom is -0.355 e. The summed E-state index contributed by atoms with van der Waals surface area (Å²) in [7, 11) is 0. The van der Waals surface area contributed by atoms with E-state index in [1.54, 1.807) is 72.8 Å². The number of H-pyrrole nitrogens is 1. The largest absolute Gasteiger partial charge is 0.355 e. The summed E-state index contributed by atoms with van der Waals surface area (Å²) in [6, 6.07) is 31.1. The van der Waals surface area contributed by atoms with E-state index in [0.29, 0.717) is 107 Å². The minimum absolute atomic E-state index is 0. The van der Waals surface area contributed by atoms with E-state index in [2.05, 4.69) is 4.98 Å². The fourth-order valence-corrected chi connectivity index (χ4v) is 9.51. The molecule has 57 heavy (non-hydrogen) atoms. The first kappa shape index (κ1) is 40.4. The van der Waals surface area contributed by atoms with Crippen molar-refractivity contribution in [2.45, 2.75) is 0 Å². The maximum atomic E-state index is 7.24. The van der Waals surface area contributed by atoms with E-state index in [1.165, 1.54) is 0 Å². The fourth-order valence-electron chi connectivity index (χ4n) is 7.18. The lowest BCUT2D eigenvalue weighted by Crippen LogP contribution is -2.00. The van der Waals surface area contributed by atoms with Crippen LogP contribution in [-0.4, -0.2) is 42.6 Å². The molecule has 0 atom stereocenters. The maximum Gasteiger partial charge on any atom is 0.316 e. The number of aromatic nitrogens is 4. The van der Waals surface area contributed by atoms with Crippen LogP contribution in [0.15, 0.2) is 103 Å². The van der Waals surface area contributed by atoms with Crippen LogP contribution in [0, 0.1) is 0 Å². The summed E-state index contributed by atoms with van der Waals surface area (Å²) in [5.41, 5.74) is 8.82. The van der Waals surface area contributed by atoms with Crippen molar-refractivity contribution < 1.29 is 0 Å². The van der Waals surface area contributed by atoms with E-state index >= 15 is 0 Å². The molecule has 9 rings (SSSR count). The van der Waals surface area contributed by atoms with Gasteiger partial charge in [-0.1, -0.05) is 117 Å². The molecule has 2 aliphatic rings. The molecule has 0 radical (unpaired) electrons. The average molecular weight is 917 g/mol. The van der Waals surface area contributed by atoms with Gasteiger partial charge in [0, 0.05) is 64.5 Å². The molecule has 5 heterocycles. The van der Waals surface area contributed by atoms with Gasteiger partial charge in [0.1, 0.15) is 0 Å². The maximum absolute atomic E-state index is 7.24. The molecule has 278 valence electrons. The highest BCUT2D eigenvalue weighted by molar-refractivity contribution is 6.44. The van der Waals surface area contributed by atoms with Gasteiger partial charge in [-0.15, -0.1) is 0 Å². The Balaban J connectivity index is 0.00000455. The third-order valence-corrected chi connectivity index (χ3v) is 12.0. The van der Waals surface area contributed by atoms with Gasteiger partial charge in [-0.25, -0.2) is 9.97 Å². The predicted molar refractivity (Wildman–Crippen MR) is 249 cm³/mol. The number of nitrogens with zero attached hydrogens (tertiary/aromatic N) is 3. The molecule has 1 N–H and O–H groups in total. The lowest BCUT2D eigenvalue weighted by molar-refractivity contribution is 1.17. The van der Waals surface area contributed by atoms with Crippen molar-refractivity contribution in [1.29, 1.82) is 0 Å². The Morgan fingerprint density at radius 3 is 1.32 bits per heavy atom. The van der Waals surface area contributed by atoms with Crippen LogP contribution in [0.1, 0.15) is 22.8 Å². The molecular formula is C44H24Cl8MgN4. The van der Waals surface area contributed by atoms with E-state index in [-0.39, 0.29) is 23.1 Å². The van der Waals surface area contributed by atoms with E-state index in [4.69, 9.17) is 103 Å². The normalized spacial score (nSPS) is 11.9. The number of hydrogen-bond acceptors (Lipinski definition) is 2. The molecule has 0 saturated heterocycles. The molecule has 0 unspecified atom stereocenters. The average Bonchev–Trinajstić information content (AvgIpc) is 3.96. The Labute approximate surface area is 383 Å². The summed E-state index contributed by atoms with van der Waals surface area (Å²) in [4.78, 5) is 13.7. The molecule has 13 heteroatoms. The molecule has 0 spiro atoms. The smallest absolute Gasteiger partial charge is 0.316 e. The number of para-hydroxylation sites is 1. The van der Waals surface area contributed by atoms with Crippen molar-refractivity contribution in [3.63, 3.8) is 0 Å². The Bertz CT molecular complexity index is 2960. The standard InChI is InChI=1S/C44H22Cl8N4.Mg.2H/c45-27-5-1-6-28(46)37(27)40-35-18-17-25(55-35)20-24-14-13-22(53-24)19-23-15-16-26(54-23)21-36-41(38-29(47)7-2-8-30(38)48)42(39-31(49)9-3-10-32(39)50)44(40)56(36)43-33(51)11-4-12-34(43)52;;;/h1-21,53H;;;. The Kier molecular flexibility index (Phi) is 11.5. The van der Waals surface area contributed by atoms with Crippen molar-refractivity contribution in [3.8, 4) is 39.1 Å². The van der Waals surface area contributed by atoms with Gasteiger partial charge in [0.2, 0.25) is 0 Å². The lowest BCUT2D eigenvalue weighted by atomic mass is 9.92. The van der Waals surface area contributed by atoms with Crippen LogP contribution in [0.3, 0.4) is 0 Å². The number of benzene rings is 4. The van der Waals surface area contributed by atoms with Crippen LogP contribution in [0.5, 0.6) is 0 Å². The SMILES string of the molecule is Clc1cccc(Cl)c1-c1c(-c2c(Cl)cccc2Cl)c2c(-c3c(Cl)cccc3Cl)c3nc(cc4ccc(cc5nc(cc1n2-c1c(Cl)cccc1Cl)C=C5)[nH]4)C=C3.[MgH2]. The van der Waals surface area contributed by atoms with Crippen molar-refractivity contribution in [3.05, 3.63) is 166 Å². The summed E-state index contributed by atoms with van der Waals surface area (Å²) >= 11 is 57.7. The third-order valence-electron chi connectivity index (χ3n) is 9.47. The van der Waals surface area contributed by atoms with Gasteiger partial charge >= 0.3 is 23.1 Å². The highest BCUT2D eigenvalue weighted by atomic mass is 35.5. The second-order valence-corrected chi connectivity index (χ2v) is 16.2. The number of rotatable bonds is 4. The molecular weight excluding hydrogens is 892 g/mol. The van der Waals surface area contributed by atoms with Gasteiger partial charge in [0.05, 0.1) is 59.6 Å². The molecule has 0 saturated carbocycles. The zero-order valence-electron chi connectivity index (χ0n) is 28.5. The summed E-state index contributed by atoms with van der Waals surface area (Å²) < 4.78 is 1.95. The first-order chi connectivity index (χ1) is 27.1. The first-order valence-electron chi connectivity index (χ1n) is 17.0. The van der Waals surface area contributed by atoms with Crippen LogP contribution in [0.2, 0.25) is 40.2 Å². The molecule has 4 nitrogen and oxygen atoms in total. The highest BCUT2D eigenvalue weighted by Crippen LogP contribution is 2.55. The van der Waals surface area contributed by atoms with E-state index < -0.39 is 0 Å². The monoisotopic (exact) mass is 912 g/mol. The molecule has 0 amide bonds. The van der Waals surface area contributed by atoms with Crippen molar-refractivity contribution in [2.75, 3.05) is 0 Å². The predicted octanol–water partition coefficient (Wildman–Crippen LogP) is 15.4. The number of nitrogens with one attached hydrogen (secondary N) is 1. The van der Waals surface area contributed by atoms with Gasteiger partial charge in [0.15, 0.2) is 0 Å². The summed E-state index contributed by atoms with van der Waals surface area (Å²) in [5, 5.41) is 2.83. The van der Waals surface area contributed by atoms with E-state index in [0.717, 1.165) is 16.7 Å². The first-order valence-corrected chi connectivity index (χ1v) is 20.0. The van der Waals surface area contributed by atoms with Crippen molar-refractivity contribution in [1.82, 2.24) is 19.5 Å². The van der Waals surface area contributed by atoms with Crippen LogP contribution >= 0.6 is 92.8 Å². The summed E-state index contributed by atoms with van der Waals surface area (Å²) in [6.07, 6.45) is 7.69. The van der Waals surface area contributed by atoms with Gasteiger partial charge in [-0.2, -0.15) is 0 Å². The molecule has 0 aliphatic carbocycles. The van der Waals surface area contributed by atoms with Crippen LogP contribution in [-0.2, 0) is 0 Å². The van der Waals surface area contributed by atoms with Gasteiger partial charge in [-0.05, 0) is 103 Å². The minimum atomic E-state index is 0. The third kappa shape index (κ3) is 7.31. The second-order valence-electron chi connectivity index (χ2n) is 12.9. The van der Waals surface area contributed by atoms with E-state index in [1.807, 2.05) is 59.2 Å². The number of hydrogen-bond donors (Lipinski definition) is 1. The Morgan fingerprint density at radius 1 is 0.404 bits per heavy atom. The van der Waals surface area contributed by atoms with Gasteiger partial charge < -0.3 is 9.55 Å². The number of aromatic amines is 1. The van der Waals surface area contributed by atoms with Crippen molar-refractivity contribution >= 4 is 162 Å².